The number of pyridine rings is 2. The number of likely N-dealkylation sites (N-methyl/N-ethyl adjacent to an activating group) is 2. The van der Waals surface area contributed by atoms with Gasteiger partial charge >= 0.3 is 0 Å². The SMILES string of the molecule is CC[C@H](NC)C(=O)N[C@@H](Cc1c(F)cc(OCC#CC#CCOc2cc(F)c(C[C@H](NC(=O)[C@H](CC)NC)C(=O)N3CC(C)(C)c4[nH]c(=O)c(Cc5ccc(F)cc5)cc43)c(F)c2)cc1F)C(=O)N1CC(C)(C)c2[nH]c(=O)c(Cc3ccc(F)cc3)cc21. The molecule has 2 aliphatic rings. The van der Waals surface area contributed by atoms with Crippen LogP contribution in [0.3, 0.4) is 0 Å². The molecule has 0 saturated heterocycles. The molecular weight excluding hydrogens is 1150 g/mol. The lowest BCUT2D eigenvalue weighted by molar-refractivity contribution is -0.128. The van der Waals surface area contributed by atoms with Crippen LogP contribution in [0.2, 0.25) is 0 Å². The number of hydrogen-bond acceptors (Lipinski definition) is 10. The van der Waals surface area contributed by atoms with Gasteiger partial charge in [0.2, 0.25) is 23.6 Å². The number of aromatic nitrogens is 2. The highest BCUT2D eigenvalue weighted by Crippen LogP contribution is 2.41. The van der Waals surface area contributed by atoms with Crippen molar-refractivity contribution in [2.75, 3.05) is 50.2 Å². The average Bonchev–Trinajstić information content (AvgIpc) is 1.87. The summed E-state index contributed by atoms with van der Waals surface area (Å²) < 4.78 is 102. The van der Waals surface area contributed by atoms with Crippen LogP contribution >= 0.6 is 0 Å². The van der Waals surface area contributed by atoms with Gasteiger partial charge in [-0.2, -0.15) is 0 Å². The van der Waals surface area contributed by atoms with Gasteiger partial charge in [-0.05, 0) is 98.1 Å². The molecule has 0 radical (unpaired) electrons. The number of aromatic amines is 2. The van der Waals surface area contributed by atoms with E-state index >= 15 is 17.6 Å². The maximum atomic E-state index is 15.9. The number of rotatable bonds is 22. The largest absolute Gasteiger partial charge is 0.481 e. The van der Waals surface area contributed by atoms with E-state index in [1.165, 1.54) is 58.3 Å². The number of nitrogens with zero attached hydrogens (tertiary/aromatic N) is 2. The third-order valence-corrected chi connectivity index (χ3v) is 15.7. The number of nitrogens with one attached hydrogen (secondary N) is 6. The zero-order chi connectivity index (χ0) is 63.8. The Labute approximate surface area is 505 Å². The molecule has 462 valence electrons. The number of halogens is 6. The first-order valence-corrected chi connectivity index (χ1v) is 28.6. The van der Waals surface area contributed by atoms with Crippen molar-refractivity contribution in [1.82, 2.24) is 31.2 Å². The Morgan fingerprint density at radius 2 is 0.886 bits per heavy atom. The molecule has 0 bridgehead atoms. The number of carbonyl (C=O) groups is 4. The maximum absolute atomic E-state index is 15.9. The summed E-state index contributed by atoms with van der Waals surface area (Å²) >= 11 is 0. The fourth-order valence-corrected chi connectivity index (χ4v) is 10.9. The van der Waals surface area contributed by atoms with E-state index in [4.69, 9.17) is 9.47 Å². The smallest absolute Gasteiger partial charge is 0.251 e. The summed E-state index contributed by atoms with van der Waals surface area (Å²) in [5, 5.41) is 11.1. The lowest BCUT2D eigenvalue weighted by Crippen LogP contribution is -2.54. The monoisotopic (exact) mass is 1210 g/mol. The minimum atomic E-state index is -1.49. The van der Waals surface area contributed by atoms with Crippen LogP contribution in [0.5, 0.6) is 11.5 Å². The van der Waals surface area contributed by atoms with Crippen molar-refractivity contribution in [3.63, 3.8) is 0 Å². The molecule has 8 rings (SSSR count). The van der Waals surface area contributed by atoms with Crippen molar-refractivity contribution in [3.8, 4) is 35.2 Å². The predicted octanol–water partition coefficient (Wildman–Crippen LogP) is 7.24. The summed E-state index contributed by atoms with van der Waals surface area (Å²) in [6, 6.07) is 13.5. The molecule has 22 heteroatoms. The van der Waals surface area contributed by atoms with E-state index in [0.29, 0.717) is 46.7 Å². The fourth-order valence-electron chi connectivity index (χ4n) is 10.9. The van der Waals surface area contributed by atoms with Crippen molar-refractivity contribution >= 4 is 35.0 Å². The Morgan fingerprint density at radius 3 is 1.20 bits per heavy atom. The van der Waals surface area contributed by atoms with Crippen LogP contribution in [-0.2, 0) is 55.7 Å². The molecule has 0 unspecified atom stereocenters. The molecule has 4 aromatic carbocycles. The van der Waals surface area contributed by atoms with E-state index in [9.17, 15) is 37.5 Å². The molecule has 0 fully saturated rings. The number of amides is 4. The van der Waals surface area contributed by atoms with Crippen molar-refractivity contribution < 1.29 is 55.0 Å². The Morgan fingerprint density at radius 1 is 0.545 bits per heavy atom. The van der Waals surface area contributed by atoms with E-state index in [1.54, 1.807) is 40.1 Å². The first-order chi connectivity index (χ1) is 41.8. The zero-order valence-electron chi connectivity index (χ0n) is 49.9. The number of anilines is 2. The molecule has 88 heavy (non-hydrogen) atoms. The third kappa shape index (κ3) is 15.0. The van der Waals surface area contributed by atoms with Crippen molar-refractivity contribution in [2.45, 2.75) is 115 Å². The minimum absolute atomic E-state index is 0.0539. The molecule has 16 nitrogen and oxygen atoms in total. The fraction of sp³-hybridized carbons (Fsp3) is 0.364. The molecule has 4 atom stereocenters. The van der Waals surface area contributed by atoms with Gasteiger partial charge in [0.05, 0.1) is 23.5 Å². The first-order valence-electron chi connectivity index (χ1n) is 28.6. The lowest BCUT2D eigenvalue weighted by atomic mass is 9.91. The Hall–Kier alpha value is -9.12. The number of benzene rings is 4. The summed E-state index contributed by atoms with van der Waals surface area (Å²) in [6.07, 6.45) is -0.335. The van der Waals surface area contributed by atoms with Gasteiger partial charge in [0.25, 0.3) is 11.1 Å². The van der Waals surface area contributed by atoms with Gasteiger partial charge in [-0.1, -0.05) is 65.8 Å². The third-order valence-electron chi connectivity index (χ3n) is 15.7. The lowest BCUT2D eigenvalue weighted by Gasteiger charge is -2.28. The molecule has 6 aromatic rings. The summed E-state index contributed by atoms with van der Waals surface area (Å²) in [5.41, 5.74) is 0.0299. The predicted molar refractivity (Wildman–Crippen MR) is 320 cm³/mol. The number of fused-ring (bicyclic) bond motifs is 2. The second-order valence-electron chi connectivity index (χ2n) is 22.9. The van der Waals surface area contributed by atoms with Crippen molar-refractivity contribution in [1.29, 1.82) is 0 Å². The molecule has 2 aromatic heterocycles. The van der Waals surface area contributed by atoms with Gasteiger partial charge < -0.3 is 50.5 Å². The van der Waals surface area contributed by atoms with E-state index < -0.39 is 142 Å². The molecular formula is C66H68F6N8O8. The quantitative estimate of drug-likeness (QED) is 0.0297. The van der Waals surface area contributed by atoms with Gasteiger partial charge in [0.15, 0.2) is 0 Å². The highest BCUT2D eigenvalue weighted by molar-refractivity contribution is 6.03. The van der Waals surface area contributed by atoms with Crippen LogP contribution in [0, 0.1) is 58.6 Å². The molecule has 6 N–H and O–H groups in total. The summed E-state index contributed by atoms with van der Waals surface area (Å²) in [7, 11) is 3.12. The van der Waals surface area contributed by atoms with Crippen LogP contribution in [0.15, 0.2) is 94.5 Å². The highest BCUT2D eigenvalue weighted by Gasteiger charge is 2.44. The zero-order valence-corrected chi connectivity index (χ0v) is 49.9. The molecule has 0 aliphatic carbocycles. The first kappa shape index (κ1) is 64.9. The summed E-state index contributed by atoms with van der Waals surface area (Å²) in [6.45, 7) is 10.1. The number of H-pyrrole nitrogens is 2. The van der Waals surface area contributed by atoms with E-state index in [0.717, 1.165) is 24.3 Å². The van der Waals surface area contributed by atoms with Crippen LogP contribution in [-0.4, -0.2) is 98.2 Å². The Kier molecular flexibility index (Phi) is 20.4. The highest BCUT2D eigenvalue weighted by atomic mass is 19.2. The normalized spacial score (nSPS) is 14.9. The van der Waals surface area contributed by atoms with Crippen LogP contribution in [0.1, 0.15) is 99.2 Å². The molecule has 0 saturated carbocycles. The van der Waals surface area contributed by atoms with Gasteiger partial charge in [-0.25, -0.2) is 26.3 Å². The second kappa shape index (κ2) is 27.7. The van der Waals surface area contributed by atoms with Gasteiger partial charge in [0.1, 0.15) is 71.7 Å². The van der Waals surface area contributed by atoms with Crippen LogP contribution in [0.25, 0.3) is 0 Å². The maximum Gasteiger partial charge on any atom is 0.251 e. The standard InChI is InChI=1S/C66H68F6N8O8/c1-9-51(73-7)61(83)75-53(63(85)79-35-65(3,4)57-55(79)27-39(59(81)77-57)25-37-15-19-41(67)20-16-37)33-45-47(69)29-43(30-48(45)70)87-23-13-11-12-14-24-88-44-31-49(71)46(50(72)32-44)34-54(76-62(84)52(10-2)74-8)64(86)80-36-66(5,6)58-56(80)28-40(60(82)78-58)26-38-17-21-42(68)22-18-38/h15-22,27-32,51-54,73-74H,9-10,23-26,33-36H2,1-8H3,(H,75,83)(H,76,84)(H,77,81)(H,78,82)/t51-,52-,53-,54-/m0/s1. The van der Waals surface area contributed by atoms with Gasteiger partial charge in [0, 0.05) is 108 Å². The number of carbonyl (C=O) groups excluding carboxylic acids is 4. The minimum Gasteiger partial charge on any atom is -0.481 e. The molecule has 0 spiro atoms. The Bertz CT molecular complexity index is 3580. The molecule has 2 aliphatic heterocycles. The summed E-state index contributed by atoms with van der Waals surface area (Å²) in [5.74, 6) is 1.84. The average molecular weight is 1220 g/mol. The summed E-state index contributed by atoms with van der Waals surface area (Å²) in [4.78, 5) is 91.4. The van der Waals surface area contributed by atoms with Crippen LogP contribution in [0.4, 0.5) is 37.7 Å². The van der Waals surface area contributed by atoms with Crippen molar-refractivity contribution in [3.05, 3.63) is 185 Å². The van der Waals surface area contributed by atoms with E-state index in [-0.39, 0.29) is 48.6 Å². The van der Waals surface area contributed by atoms with Gasteiger partial charge in [-0.3, -0.25) is 28.8 Å². The second-order valence-corrected chi connectivity index (χ2v) is 22.9. The molecule has 4 amide bonds. The van der Waals surface area contributed by atoms with Gasteiger partial charge in [-0.15, -0.1) is 0 Å². The topological polar surface area (TPSA) is 207 Å². The number of hydrogen-bond donors (Lipinski definition) is 6. The van der Waals surface area contributed by atoms with E-state index in [1.807, 2.05) is 27.7 Å². The van der Waals surface area contributed by atoms with Crippen molar-refractivity contribution in [2.24, 2.45) is 0 Å². The van der Waals surface area contributed by atoms with Crippen LogP contribution < -0.4 is 51.7 Å². The van der Waals surface area contributed by atoms with E-state index in [2.05, 4.69) is 54.9 Å². The Balaban J connectivity index is 0.915. The number of ether oxygens (including phenoxy) is 2. The molecule has 4 heterocycles.